The fourth-order valence-corrected chi connectivity index (χ4v) is 5.26. The second kappa shape index (κ2) is 6.04. The molecule has 0 atom stereocenters. The van der Waals surface area contributed by atoms with Gasteiger partial charge in [-0.1, -0.05) is 68.7 Å². The van der Waals surface area contributed by atoms with E-state index in [-0.39, 0.29) is 10.8 Å². The quantitative estimate of drug-likeness (QED) is 0.538. The fourth-order valence-electron chi connectivity index (χ4n) is 2.29. The Kier molecular flexibility index (Phi) is 5.47. The van der Waals surface area contributed by atoms with Gasteiger partial charge in [0, 0.05) is 19.4 Å². The van der Waals surface area contributed by atoms with Gasteiger partial charge in [-0.3, -0.25) is 0 Å². The van der Waals surface area contributed by atoms with Crippen molar-refractivity contribution in [1.82, 2.24) is 0 Å². The Balaban J connectivity index is 3.20. The molecule has 0 amide bonds. The predicted octanol–water partition coefficient (Wildman–Crippen LogP) is 7.01. The van der Waals surface area contributed by atoms with Crippen molar-refractivity contribution in [2.45, 2.75) is 95.6 Å². The molecular weight excluding hydrogens is 280 g/mol. The van der Waals surface area contributed by atoms with Crippen molar-refractivity contribution in [3.05, 3.63) is 15.8 Å². The molecule has 0 aromatic carbocycles. The maximum atomic E-state index is 2.45. The first kappa shape index (κ1) is 18.1. The van der Waals surface area contributed by atoms with E-state index in [1.807, 2.05) is 11.3 Å². The van der Waals surface area contributed by atoms with Crippen molar-refractivity contribution >= 4 is 23.1 Å². The molecule has 0 saturated heterocycles. The smallest absolute Gasteiger partial charge is 0.0238 e. The van der Waals surface area contributed by atoms with E-state index in [0.717, 1.165) is 0 Å². The lowest BCUT2D eigenvalue weighted by molar-refractivity contribution is 0.590. The Labute approximate surface area is 134 Å². The van der Waals surface area contributed by atoms with Gasteiger partial charge in [-0.05, 0) is 23.3 Å². The monoisotopic (exact) mass is 312 g/mol. The van der Waals surface area contributed by atoms with Crippen LogP contribution >= 0.6 is 23.1 Å². The molecule has 0 radical (unpaired) electrons. The average molecular weight is 313 g/mol. The molecule has 1 aromatic heterocycles. The van der Waals surface area contributed by atoms with E-state index in [2.05, 4.69) is 80.1 Å². The molecule has 0 aliphatic carbocycles. The predicted molar refractivity (Wildman–Crippen MR) is 96.6 cm³/mol. The van der Waals surface area contributed by atoms with E-state index < -0.39 is 0 Å². The first-order valence-electron chi connectivity index (χ1n) is 7.70. The van der Waals surface area contributed by atoms with Gasteiger partial charge >= 0.3 is 0 Å². The Hall–Kier alpha value is 0.0500. The van der Waals surface area contributed by atoms with Crippen LogP contribution in [-0.4, -0.2) is 4.75 Å². The van der Waals surface area contributed by atoms with Gasteiger partial charge in [0.1, 0.15) is 0 Å². The van der Waals surface area contributed by atoms with Gasteiger partial charge in [0.25, 0.3) is 0 Å². The summed E-state index contributed by atoms with van der Waals surface area (Å²) in [6.07, 6.45) is 2.52. The van der Waals surface area contributed by atoms with Crippen LogP contribution in [0, 0.1) is 0 Å². The van der Waals surface area contributed by atoms with Crippen molar-refractivity contribution in [3.63, 3.8) is 0 Å². The normalized spacial score (nSPS) is 13.8. The largest absolute Gasteiger partial charge is 0.143 e. The lowest BCUT2D eigenvalue weighted by Gasteiger charge is -2.26. The van der Waals surface area contributed by atoms with Crippen LogP contribution in [0.5, 0.6) is 0 Å². The summed E-state index contributed by atoms with van der Waals surface area (Å²) >= 11 is 4.08. The van der Waals surface area contributed by atoms with E-state index in [0.29, 0.717) is 4.75 Å². The number of hydrogen-bond donors (Lipinski definition) is 0. The summed E-state index contributed by atoms with van der Waals surface area (Å²) in [5.41, 5.74) is 0.483. The fraction of sp³-hybridized carbons (Fsp3) is 0.778. The Morgan fingerprint density at radius 2 is 1.50 bits per heavy atom. The molecule has 0 nitrogen and oxygen atoms in total. The lowest BCUT2D eigenvalue weighted by Crippen LogP contribution is -2.16. The average Bonchev–Trinajstić information content (AvgIpc) is 2.58. The minimum atomic E-state index is 0.235. The van der Waals surface area contributed by atoms with Gasteiger partial charge in [-0.25, -0.2) is 0 Å². The van der Waals surface area contributed by atoms with Crippen molar-refractivity contribution in [1.29, 1.82) is 0 Å². The molecule has 1 heterocycles. The zero-order chi connectivity index (χ0) is 15.8. The summed E-state index contributed by atoms with van der Waals surface area (Å²) in [5.74, 6) is 0. The van der Waals surface area contributed by atoms with Crippen LogP contribution in [0.4, 0.5) is 0 Å². The zero-order valence-electron chi connectivity index (χ0n) is 14.8. The van der Waals surface area contributed by atoms with Gasteiger partial charge in [0.05, 0.1) is 0 Å². The summed E-state index contributed by atoms with van der Waals surface area (Å²) in [6, 6.07) is 2.45. The second-order valence-electron chi connectivity index (χ2n) is 8.42. The Morgan fingerprint density at radius 3 is 1.90 bits per heavy atom. The van der Waals surface area contributed by atoms with Crippen LogP contribution < -0.4 is 0 Å². The zero-order valence-corrected chi connectivity index (χ0v) is 16.4. The lowest BCUT2D eigenvalue weighted by atomic mass is 9.93. The molecule has 0 aliphatic heterocycles. The van der Waals surface area contributed by atoms with Crippen molar-refractivity contribution in [3.8, 4) is 0 Å². The van der Waals surface area contributed by atoms with E-state index >= 15 is 0 Å². The van der Waals surface area contributed by atoms with E-state index in [1.165, 1.54) is 22.6 Å². The number of hydrogen-bond acceptors (Lipinski definition) is 2. The molecular formula is C18H32S2. The third-order valence-electron chi connectivity index (χ3n) is 3.36. The number of thioether (sulfide) groups is 1. The van der Waals surface area contributed by atoms with Crippen molar-refractivity contribution in [2.24, 2.45) is 0 Å². The molecule has 0 fully saturated rings. The van der Waals surface area contributed by atoms with Crippen LogP contribution in [0.15, 0.2) is 11.0 Å². The molecule has 0 aliphatic rings. The third-order valence-corrected chi connectivity index (χ3v) is 6.77. The van der Waals surface area contributed by atoms with Gasteiger partial charge in [-0.2, -0.15) is 0 Å². The Morgan fingerprint density at radius 1 is 0.950 bits per heavy atom. The standard InChI is InChI=1S/C18H32S2/c1-10-11-18(8,9)20-13-12-14(16(2,3)4)19-15(13)17(5,6)7/h12H,10-11H2,1-9H3. The summed E-state index contributed by atoms with van der Waals surface area (Å²) < 4.78 is 0.324. The minimum Gasteiger partial charge on any atom is -0.143 e. The maximum Gasteiger partial charge on any atom is 0.0238 e. The second-order valence-corrected chi connectivity index (χ2v) is 11.2. The highest BCUT2D eigenvalue weighted by molar-refractivity contribution is 8.00. The molecule has 0 unspecified atom stereocenters. The van der Waals surface area contributed by atoms with E-state index in [4.69, 9.17) is 0 Å². The molecule has 1 aromatic rings. The minimum absolute atomic E-state index is 0.235. The van der Waals surface area contributed by atoms with Crippen LogP contribution in [-0.2, 0) is 10.8 Å². The van der Waals surface area contributed by atoms with E-state index in [1.54, 1.807) is 4.88 Å². The first-order chi connectivity index (χ1) is 8.87. The molecule has 20 heavy (non-hydrogen) atoms. The summed E-state index contributed by atoms with van der Waals surface area (Å²) in [4.78, 5) is 4.57. The van der Waals surface area contributed by atoms with Gasteiger partial charge in [0.2, 0.25) is 0 Å². The number of thiophene rings is 1. The van der Waals surface area contributed by atoms with Crippen LogP contribution in [0.1, 0.15) is 84.9 Å². The molecule has 116 valence electrons. The highest BCUT2D eigenvalue weighted by atomic mass is 32.2. The topological polar surface area (TPSA) is 0 Å². The molecule has 0 bridgehead atoms. The first-order valence-corrected chi connectivity index (χ1v) is 9.34. The summed E-state index contributed by atoms with van der Waals surface area (Å²) in [6.45, 7) is 21.0. The highest BCUT2D eigenvalue weighted by Crippen LogP contribution is 2.47. The van der Waals surface area contributed by atoms with Crippen molar-refractivity contribution < 1.29 is 0 Å². The molecule has 2 heteroatoms. The number of rotatable bonds is 4. The molecule has 0 N–H and O–H groups in total. The molecule has 1 rings (SSSR count). The van der Waals surface area contributed by atoms with E-state index in [9.17, 15) is 0 Å². The highest BCUT2D eigenvalue weighted by Gasteiger charge is 2.29. The van der Waals surface area contributed by atoms with Crippen LogP contribution in [0.3, 0.4) is 0 Å². The summed E-state index contributed by atoms with van der Waals surface area (Å²) in [7, 11) is 0. The SMILES string of the molecule is CCCC(C)(C)Sc1cc(C(C)(C)C)sc1C(C)(C)C. The van der Waals surface area contributed by atoms with Crippen molar-refractivity contribution in [2.75, 3.05) is 0 Å². The maximum absolute atomic E-state index is 2.45. The molecule has 0 saturated carbocycles. The Bertz CT molecular complexity index is 439. The van der Waals surface area contributed by atoms with Crippen LogP contribution in [0.2, 0.25) is 0 Å². The van der Waals surface area contributed by atoms with Gasteiger partial charge in [0.15, 0.2) is 0 Å². The molecule has 0 spiro atoms. The third kappa shape index (κ3) is 4.80. The van der Waals surface area contributed by atoms with Gasteiger partial charge in [-0.15, -0.1) is 23.1 Å². The van der Waals surface area contributed by atoms with Crippen LogP contribution in [0.25, 0.3) is 0 Å². The summed E-state index contributed by atoms with van der Waals surface area (Å²) in [5, 5.41) is 0. The van der Waals surface area contributed by atoms with Gasteiger partial charge < -0.3 is 0 Å².